The summed E-state index contributed by atoms with van der Waals surface area (Å²) in [5, 5.41) is 0. The molecule has 0 amide bonds. The van der Waals surface area contributed by atoms with E-state index in [1.54, 1.807) is 6.92 Å². The molecule has 7 heteroatoms. The average molecular weight is 285 g/mol. The lowest BCUT2D eigenvalue weighted by Crippen LogP contribution is -2.23. The van der Waals surface area contributed by atoms with Gasteiger partial charge in [-0.3, -0.25) is 4.21 Å². The van der Waals surface area contributed by atoms with Crippen molar-refractivity contribution in [3.05, 3.63) is 11.5 Å². The number of esters is 1. The van der Waals surface area contributed by atoms with E-state index >= 15 is 0 Å². The highest BCUT2D eigenvalue weighted by atomic mass is 32.2. The third-order valence-corrected chi connectivity index (χ3v) is 4.70. The van der Waals surface area contributed by atoms with Gasteiger partial charge in [-0.2, -0.15) is 0 Å². The molecule has 0 bridgehead atoms. The fraction of sp³-hybridized carbons (Fsp3) is 0.667. The Bertz CT molecular complexity index is 503. The van der Waals surface area contributed by atoms with E-state index in [0.717, 1.165) is 12.8 Å². The van der Waals surface area contributed by atoms with Crippen molar-refractivity contribution in [1.29, 1.82) is 0 Å². The number of aromatic nitrogens is 2. The van der Waals surface area contributed by atoms with E-state index in [1.165, 1.54) is 0 Å². The van der Waals surface area contributed by atoms with Gasteiger partial charge in [0.05, 0.1) is 6.61 Å². The monoisotopic (exact) mass is 285 g/mol. The molecule has 2 rings (SSSR count). The Balaban J connectivity index is 2.26. The molecule has 1 aromatic heterocycles. The van der Waals surface area contributed by atoms with Crippen molar-refractivity contribution < 1.29 is 13.7 Å². The molecule has 0 unspecified atom stereocenters. The Kier molecular flexibility index (Phi) is 4.24. The molecule has 0 aromatic carbocycles. The van der Waals surface area contributed by atoms with E-state index in [0.29, 0.717) is 29.8 Å². The average Bonchev–Trinajstić information content (AvgIpc) is 2.67. The quantitative estimate of drug-likeness (QED) is 0.838. The van der Waals surface area contributed by atoms with Crippen molar-refractivity contribution in [2.45, 2.75) is 32.7 Å². The lowest BCUT2D eigenvalue weighted by molar-refractivity contribution is 0.0521. The minimum absolute atomic E-state index is 0.174. The van der Waals surface area contributed by atoms with E-state index in [-0.39, 0.29) is 11.7 Å². The van der Waals surface area contributed by atoms with E-state index < -0.39 is 16.8 Å². The normalized spacial score (nSPS) is 23.3. The van der Waals surface area contributed by atoms with Crippen LogP contribution in [-0.4, -0.2) is 37.8 Å². The van der Waals surface area contributed by atoms with Crippen LogP contribution < -0.4 is 5.73 Å². The highest BCUT2D eigenvalue weighted by molar-refractivity contribution is 7.85. The SMILES string of the molecule is CCOC(=O)c1nc(C)n(C2CCS(=O)CC2)c1N. The molecule has 2 heterocycles. The number of carbonyl (C=O) groups excluding carboxylic acids is 1. The minimum Gasteiger partial charge on any atom is -0.461 e. The molecule has 1 aromatic rings. The second-order valence-electron chi connectivity index (χ2n) is 4.56. The van der Waals surface area contributed by atoms with Gasteiger partial charge >= 0.3 is 5.97 Å². The number of ether oxygens (including phenoxy) is 1. The van der Waals surface area contributed by atoms with Crippen molar-refractivity contribution in [2.75, 3.05) is 23.8 Å². The Morgan fingerprint density at radius 1 is 1.53 bits per heavy atom. The first-order valence-electron chi connectivity index (χ1n) is 6.41. The van der Waals surface area contributed by atoms with Gasteiger partial charge in [0.25, 0.3) is 0 Å². The van der Waals surface area contributed by atoms with Crippen LogP contribution in [0.2, 0.25) is 0 Å². The van der Waals surface area contributed by atoms with Gasteiger partial charge in [-0.15, -0.1) is 0 Å². The molecule has 1 aliphatic rings. The van der Waals surface area contributed by atoms with Crippen molar-refractivity contribution >= 4 is 22.6 Å². The van der Waals surface area contributed by atoms with Gasteiger partial charge in [0.2, 0.25) is 0 Å². The fourth-order valence-electron chi connectivity index (χ4n) is 2.41. The summed E-state index contributed by atoms with van der Waals surface area (Å²) in [5.41, 5.74) is 6.21. The lowest BCUT2D eigenvalue weighted by atomic mass is 10.1. The number of nitrogens with zero attached hydrogens (tertiary/aromatic N) is 2. The molecule has 19 heavy (non-hydrogen) atoms. The van der Waals surface area contributed by atoms with Gasteiger partial charge in [-0.25, -0.2) is 9.78 Å². The summed E-state index contributed by atoms with van der Waals surface area (Å²) < 4.78 is 18.2. The maximum Gasteiger partial charge on any atom is 0.360 e. The molecule has 0 saturated carbocycles. The number of aryl methyl sites for hydroxylation is 1. The number of nitrogen functional groups attached to an aromatic ring is 1. The summed E-state index contributed by atoms with van der Waals surface area (Å²) >= 11 is 0. The molecule has 0 spiro atoms. The Morgan fingerprint density at radius 3 is 2.74 bits per heavy atom. The highest BCUT2D eigenvalue weighted by Crippen LogP contribution is 2.28. The molecular formula is C12H19N3O3S. The van der Waals surface area contributed by atoms with Gasteiger partial charge in [0.1, 0.15) is 11.6 Å². The Labute approximate surface area is 114 Å². The van der Waals surface area contributed by atoms with Crippen molar-refractivity contribution in [1.82, 2.24) is 9.55 Å². The smallest absolute Gasteiger partial charge is 0.360 e. The zero-order chi connectivity index (χ0) is 14.0. The zero-order valence-corrected chi connectivity index (χ0v) is 12.0. The van der Waals surface area contributed by atoms with Crippen LogP contribution >= 0.6 is 0 Å². The number of anilines is 1. The molecule has 1 aliphatic heterocycles. The van der Waals surface area contributed by atoms with Crippen LogP contribution in [0.25, 0.3) is 0 Å². The molecular weight excluding hydrogens is 266 g/mol. The fourth-order valence-corrected chi connectivity index (χ4v) is 3.69. The molecule has 1 saturated heterocycles. The number of hydrogen-bond donors (Lipinski definition) is 1. The van der Waals surface area contributed by atoms with Crippen LogP contribution in [0, 0.1) is 6.92 Å². The summed E-state index contributed by atoms with van der Waals surface area (Å²) in [7, 11) is -0.719. The Hall–Kier alpha value is -1.37. The predicted octanol–water partition coefficient (Wildman–Crippen LogP) is 1.03. The van der Waals surface area contributed by atoms with Gasteiger partial charge < -0.3 is 15.0 Å². The number of nitrogens with two attached hydrogens (primary N) is 1. The summed E-state index contributed by atoms with van der Waals surface area (Å²) in [6.45, 7) is 3.87. The summed E-state index contributed by atoms with van der Waals surface area (Å²) in [4.78, 5) is 15.9. The van der Waals surface area contributed by atoms with E-state index in [2.05, 4.69) is 4.98 Å². The highest BCUT2D eigenvalue weighted by Gasteiger charge is 2.26. The van der Waals surface area contributed by atoms with E-state index in [4.69, 9.17) is 10.5 Å². The maximum absolute atomic E-state index is 11.7. The minimum atomic E-state index is -0.719. The van der Waals surface area contributed by atoms with Crippen LogP contribution in [0.15, 0.2) is 0 Å². The predicted molar refractivity (Wildman–Crippen MR) is 73.5 cm³/mol. The van der Waals surface area contributed by atoms with Gasteiger partial charge in [0.15, 0.2) is 5.69 Å². The van der Waals surface area contributed by atoms with Crippen LogP contribution in [0.3, 0.4) is 0 Å². The lowest BCUT2D eigenvalue weighted by Gasteiger charge is -2.24. The van der Waals surface area contributed by atoms with Crippen LogP contribution in [-0.2, 0) is 15.5 Å². The first-order valence-corrected chi connectivity index (χ1v) is 7.89. The Morgan fingerprint density at radius 2 is 2.16 bits per heavy atom. The standard InChI is InChI=1S/C12H19N3O3S/c1-3-18-12(16)10-11(13)15(8(2)14-10)9-4-6-19(17)7-5-9/h9H,3-7,13H2,1-2H3. The first kappa shape index (κ1) is 14.0. The molecule has 0 aliphatic carbocycles. The van der Waals surface area contributed by atoms with Crippen LogP contribution in [0.5, 0.6) is 0 Å². The van der Waals surface area contributed by atoms with Crippen LogP contribution in [0.1, 0.15) is 42.1 Å². The van der Waals surface area contributed by atoms with Crippen molar-refractivity contribution in [2.24, 2.45) is 0 Å². The number of imidazole rings is 1. The number of carbonyl (C=O) groups is 1. The topological polar surface area (TPSA) is 87.2 Å². The van der Waals surface area contributed by atoms with E-state index in [9.17, 15) is 9.00 Å². The van der Waals surface area contributed by atoms with Gasteiger partial charge in [0, 0.05) is 28.3 Å². The molecule has 2 N–H and O–H groups in total. The second kappa shape index (κ2) is 5.73. The van der Waals surface area contributed by atoms with Crippen LogP contribution in [0.4, 0.5) is 5.82 Å². The summed E-state index contributed by atoms with van der Waals surface area (Å²) in [6, 6.07) is 0.174. The first-order chi connectivity index (χ1) is 9.04. The third-order valence-electron chi connectivity index (χ3n) is 3.32. The van der Waals surface area contributed by atoms with Crippen molar-refractivity contribution in [3.8, 4) is 0 Å². The summed E-state index contributed by atoms with van der Waals surface area (Å²) in [6.07, 6.45) is 1.60. The zero-order valence-electron chi connectivity index (χ0n) is 11.2. The summed E-state index contributed by atoms with van der Waals surface area (Å²) in [5.74, 6) is 1.93. The van der Waals surface area contributed by atoms with Crippen molar-refractivity contribution in [3.63, 3.8) is 0 Å². The maximum atomic E-state index is 11.7. The largest absolute Gasteiger partial charge is 0.461 e. The molecule has 106 valence electrons. The van der Waals surface area contributed by atoms with Gasteiger partial charge in [-0.05, 0) is 26.7 Å². The third kappa shape index (κ3) is 2.80. The molecule has 0 radical (unpaired) electrons. The number of hydrogen-bond acceptors (Lipinski definition) is 5. The second-order valence-corrected chi connectivity index (χ2v) is 6.26. The van der Waals surface area contributed by atoms with Gasteiger partial charge in [-0.1, -0.05) is 0 Å². The molecule has 6 nitrogen and oxygen atoms in total. The molecule has 1 fully saturated rings. The molecule has 0 atom stereocenters. The van der Waals surface area contributed by atoms with E-state index in [1.807, 2.05) is 11.5 Å². The number of rotatable bonds is 3.